The van der Waals surface area contributed by atoms with Crippen LogP contribution in [0.2, 0.25) is 0 Å². The van der Waals surface area contributed by atoms with Crippen LogP contribution >= 0.6 is 0 Å². The van der Waals surface area contributed by atoms with Gasteiger partial charge in [-0.15, -0.1) is 0 Å². The second-order valence-electron chi connectivity index (χ2n) is 3.36. The van der Waals surface area contributed by atoms with Crippen molar-refractivity contribution in [2.75, 3.05) is 0 Å². The number of rotatable bonds is 0. The molecule has 0 amide bonds. The summed E-state index contributed by atoms with van der Waals surface area (Å²) in [5.41, 5.74) is 5.46. The van der Waals surface area contributed by atoms with Crippen LogP contribution in [0.3, 0.4) is 0 Å². The van der Waals surface area contributed by atoms with Gasteiger partial charge in [-0.05, 0) is 26.3 Å². The summed E-state index contributed by atoms with van der Waals surface area (Å²) in [6.45, 7) is 10.0. The summed E-state index contributed by atoms with van der Waals surface area (Å²) < 4.78 is 1.26. The fourth-order valence-electron chi connectivity index (χ4n) is 1.39. The fourth-order valence-corrected chi connectivity index (χ4v) is 1.39. The quantitative estimate of drug-likeness (QED) is 0.461. The van der Waals surface area contributed by atoms with Gasteiger partial charge in [0, 0.05) is 29.7 Å². The lowest BCUT2D eigenvalue weighted by molar-refractivity contribution is -0.913. The first-order chi connectivity index (χ1) is 5.46. The molecule has 0 radical (unpaired) electrons. The summed E-state index contributed by atoms with van der Waals surface area (Å²) in [5.74, 6) is 0. The van der Waals surface area contributed by atoms with Crippen LogP contribution in [0.5, 0.6) is 0 Å². The van der Waals surface area contributed by atoms with Crippen LogP contribution in [0.4, 0.5) is 0 Å². The summed E-state index contributed by atoms with van der Waals surface area (Å²) in [6.07, 6.45) is 0. The fraction of sp³-hybridized carbons (Fsp3) is 0.500. The molecule has 0 fully saturated rings. The standard InChI is InChI=1S/C10H16NO/c1-6-7(2)9(4)11(12)10(5)8(6)3/h12H,1-5H3/q+1. The first-order valence-electron chi connectivity index (χ1n) is 4.15. The molecule has 1 rings (SSSR count). The van der Waals surface area contributed by atoms with Gasteiger partial charge < -0.3 is 0 Å². The average Bonchev–Trinajstić information content (AvgIpc) is 2.08. The molecule has 0 aliphatic carbocycles. The Bertz CT molecular complexity index is 224. The summed E-state index contributed by atoms with van der Waals surface area (Å²) in [7, 11) is 0. The van der Waals surface area contributed by atoms with Gasteiger partial charge in [-0.1, -0.05) is 0 Å². The molecule has 0 aliphatic rings. The molecule has 0 atom stereocenters. The maximum atomic E-state index is 9.61. The first-order valence-corrected chi connectivity index (χ1v) is 4.15. The predicted octanol–water partition coefficient (Wildman–Crippen LogP) is 1.75. The molecule has 1 aromatic rings. The van der Waals surface area contributed by atoms with Crippen LogP contribution in [0.15, 0.2) is 0 Å². The molecule has 0 bridgehead atoms. The Balaban J connectivity index is 3.60. The SMILES string of the molecule is Cc1c(C)c(C)[n+](O)c(C)c1C. The zero-order valence-electron chi connectivity index (χ0n) is 8.39. The van der Waals surface area contributed by atoms with Crippen molar-refractivity contribution < 1.29 is 9.94 Å². The topological polar surface area (TPSA) is 24.1 Å². The minimum atomic E-state index is 0.926. The van der Waals surface area contributed by atoms with Gasteiger partial charge in [0.15, 0.2) is 0 Å². The van der Waals surface area contributed by atoms with Crippen LogP contribution in [0.1, 0.15) is 28.1 Å². The Kier molecular flexibility index (Phi) is 2.09. The third kappa shape index (κ3) is 1.07. The Hall–Kier alpha value is -1.05. The highest BCUT2D eigenvalue weighted by Crippen LogP contribution is 2.15. The second kappa shape index (κ2) is 2.77. The number of pyridine rings is 1. The largest absolute Gasteiger partial charge is 0.285 e. The zero-order chi connectivity index (χ0) is 9.46. The van der Waals surface area contributed by atoms with E-state index < -0.39 is 0 Å². The summed E-state index contributed by atoms with van der Waals surface area (Å²) >= 11 is 0. The van der Waals surface area contributed by atoms with Crippen molar-refractivity contribution in [3.8, 4) is 0 Å². The average molecular weight is 166 g/mol. The van der Waals surface area contributed by atoms with Crippen molar-refractivity contribution in [3.63, 3.8) is 0 Å². The first kappa shape index (κ1) is 9.04. The van der Waals surface area contributed by atoms with E-state index in [1.54, 1.807) is 0 Å². The summed E-state index contributed by atoms with van der Waals surface area (Å²) in [4.78, 5) is 0. The molecule has 66 valence electrons. The molecule has 12 heavy (non-hydrogen) atoms. The van der Waals surface area contributed by atoms with Crippen molar-refractivity contribution in [1.29, 1.82) is 0 Å². The van der Waals surface area contributed by atoms with Gasteiger partial charge in [-0.25, -0.2) is 0 Å². The van der Waals surface area contributed by atoms with E-state index in [0.29, 0.717) is 0 Å². The highest BCUT2D eigenvalue weighted by Gasteiger charge is 2.18. The van der Waals surface area contributed by atoms with Crippen LogP contribution < -0.4 is 4.73 Å². The number of nitrogens with zero attached hydrogens (tertiary/aromatic N) is 1. The lowest BCUT2D eigenvalue weighted by Crippen LogP contribution is -2.39. The minimum absolute atomic E-state index is 0.926. The maximum Gasteiger partial charge on any atom is 0.234 e. The van der Waals surface area contributed by atoms with Crippen molar-refractivity contribution >= 4 is 0 Å². The Morgan fingerprint density at radius 3 is 1.42 bits per heavy atom. The highest BCUT2D eigenvalue weighted by molar-refractivity contribution is 5.33. The monoisotopic (exact) mass is 166 g/mol. The van der Waals surface area contributed by atoms with Crippen molar-refractivity contribution in [2.24, 2.45) is 0 Å². The van der Waals surface area contributed by atoms with Crippen LogP contribution in [-0.2, 0) is 0 Å². The molecule has 0 unspecified atom stereocenters. The molecule has 1 heterocycles. The third-order valence-electron chi connectivity index (χ3n) is 2.85. The van der Waals surface area contributed by atoms with E-state index in [1.807, 2.05) is 27.7 Å². The van der Waals surface area contributed by atoms with Gasteiger partial charge in [0.1, 0.15) is 0 Å². The number of hydrogen-bond acceptors (Lipinski definition) is 1. The lowest BCUT2D eigenvalue weighted by Gasteiger charge is -2.06. The number of hydrogen-bond donors (Lipinski definition) is 1. The molecule has 1 aromatic heterocycles. The molecular formula is C10H16NO+. The van der Waals surface area contributed by atoms with E-state index >= 15 is 0 Å². The van der Waals surface area contributed by atoms with Gasteiger partial charge >= 0.3 is 0 Å². The maximum absolute atomic E-state index is 9.61. The zero-order valence-corrected chi connectivity index (χ0v) is 8.39. The second-order valence-corrected chi connectivity index (χ2v) is 3.36. The highest BCUT2D eigenvalue weighted by atomic mass is 16.5. The molecular weight excluding hydrogens is 150 g/mol. The van der Waals surface area contributed by atoms with E-state index in [0.717, 1.165) is 11.4 Å². The summed E-state index contributed by atoms with van der Waals surface area (Å²) in [5, 5.41) is 9.61. The lowest BCUT2D eigenvalue weighted by atomic mass is 10.0. The van der Waals surface area contributed by atoms with Gasteiger partial charge in [-0.2, -0.15) is 0 Å². The van der Waals surface area contributed by atoms with Crippen LogP contribution in [0.25, 0.3) is 0 Å². The molecule has 0 spiro atoms. The predicted molar refractivity (Wildman–Crippen MR) is 47.5 cm³/mol. The van der Waals surface area contributed by atoms with Gasteiger partial charge in [0.25, 0.3) is 0 Å². The van der Waals surface area contributed by atoms with Crippen molar-refractivity contribution in [3.05, 3.63) is 28.1 Å². The van der Waals surface area contributed by atoms with Crippen LogP contribution in [-0.4, -0.2) is 5.21 Å². The molecule has 0 aliphatic heterocycles. The summed E-state index contributed by atoms with van der Waals surface area (Å²) in [6, 6.07) is 0. The van der Waals surface area contributed by atoms with E-state index in [4.69, 9.17) is 0 Å². The van der Waals surface area contributed by atoms with Gasteiger partial charge in [0.2, 0.25) is 11.4 Å². The van der Waals surface area contributed by atoms with Gasteiger partial charge in [0.05, 0.1) is 0 Å². The van der Waals surface area contributed by atoms with Gasteiger partial charge in [-0.3, -0.25) is 5.21 Å². The molecule has 0 saturated heterocycles. The molecule has 2 heteroatoms. The number of aromatic nitrogens is 1. The van der Waals surface area contributed by atoms with E-state index in [2.05, 4.69) is 6.92 Å². The Morgan fingerprint density at radius 1 is 0.750 bits per heavy atom. The van der Waals surface area contributed by atoms with Crippen LogP contribution in [0, 0.1) is 34.6 Å². The molecule has 0 aromatic carbocycles. The van der Waals surface area contributed by atoms with E-state index in [-0.39, 0.29) is 0 Å². The van der Waals surface area contributed by atoms with Crippen molar-refractivity contribution in [2.45, 2.75) is 34.6 Å². The third-order valence-corrected chi connectivity index (χ3v) is 2.85. The Morgan fingerprint density at radius 2 is 1.08 bits per heavy atom. The normalized spacial score (nSPS) is 10.4. The molecule has 2 nitrogen and oxygen atoms in total. The molecule has 1 N–H and O–H groups in total. The van der Waals surface area contributed by atoms with E-state index in [1.165, 1.54) is 21.4 Å². The van der Waals surface area contributed by atoms with Crippen molar-refractivity contribution in [1.82, 2.24) is 0 Å². The smallest absolute Gasteiger partial charge is 0.234 e. The Labute approximate surface area is 73.4 Å². The van der Waals surface area contributed by atoms with E-state index in [9.17, 15) is 5.21 Å². The minimum Gasteiger partial charge on any atom is -0.285 e. The molecule has 0 saturated carbocycles.